The molecular formula is C16H25NO. The van der Waals surface area contributed by atoms with Gasteiger partial charge in [-0.2, -0.15) is 0 Å². The Labute approximate surface area is 111 Å². The summed E-state index contributed by atoms with van der Waals surface area (Å²) < 4.78 is 6.20. The van der Waals surface area contributed by atoms with Crippen molar-refractivity contribution in [2.24, 2.45) is 11.8 Å². The summed E-state index contributed by atoms with van der Waals surface area (Å²) in [5.74, 6) is 1.62. The summed E-state index contributed by atoms with van der Waals surface area (Å²) >= 11 is 0. The van der Waals surface area contributed by atoms with Crippen molar-refractivity contribution in [1.82, 2.24) is 0 Å². The van der Waals surface area contributed by atoms with Gasteiger partial charge in [0.15, 0.2) is 0 Å². The molecule has 0 heterocycles. The van der Waals surface area contributed by atoms with E-state index < -0.39 is 0 Å². The van der Waals surface area contributed by atoms with Gasteiger partial charge in [-0.15, -0.1) is 0 Å². The molecule has 0 aliphatic heterocycles. The fraction of sp³-hybridized carbons (Fsp3) is 0.625. The van der Waals surface area contributed by atoms with Crippen molar-refractivity contribution in [3.8, 4) is 0 Å². The maximum atomic E-state index is 6.20. The molecule has 1 aliphatic carbocycles. The van der Waals surface area contributed by atoms with Gasteiger partial charge >= 0.3 is 0 Å². The van der Waals surface area contributed by atoms with Crippen LogP contribution < -0.4 is 5.73 Å². The molecule has 1 saturated carbocycles. The Hall–Kier alpha value is -1.02. The molecule has 1 aromatic carbocycles. The molecule has 1 aliphatic rings. The molecule has 18 heavy (non-hydrogen) atoms. The third-order valence-electron chi connectivity index (χ3n) is 4.35. The van der Waals surface area contributed by atoms with Crippen molar-refractivity contribution in [1.29, 1.82) is 0 Å². The van der Waals surface area contributed by atoms with Crippen molar-refractivity contribution in [2.75, 3.05) is 5.73 Å². The molecule has 1 aromatic rings. The second-order valence-corrected chi connectivity index (χ2v) is 5.83. The molecule has 2 N–H and O–H groups in total. The highest BCUT2D eigenvalue weighted by atomic mass is 16.5. The van der Waals surface area contributed by atoms with Crippen LogP contribution in [-0.2, 0) is 4.74 Å². The van der Waals surface area contributed by atoms with Gasteiger partial charge in [0.25, 0.3) is 0 Å². The van der Waals surface area contributed by atoms with Crippen LogP contribution in [0.3, 0.4) is 0 Å². The van der Waals surface area contributed by atoms with Gasteiger partial charge in [-0.05, 0) is 55.7 Å². The number of ether oxygens (including phenoxy) is 1. The monoisotopic (exact) mass is 247 g/mol. The van der Waals surface area contributed by atoms with Gasteiger partial charge in [0, 0.05) is 5.69 Å². The summed E-state index contributed by atoms with van der Waals surface area (Å²) in [5.41, 5.74) is 7.73. The van der Waals surface area contributed by atoms with Gasteiger partial charge in [0.1, 0.15) is 0 Å². The van der Waals surface area contributed by atoms with Crippen LogP contribution in [0.25, 0.3) is 0 Å². The second kappa shape index (κ2) is 5.75. The highest BCUT2D eigenvalue weighted by Gasteiger charge is 2.26. The Morgan fingerprint density at radius 3 is 2.39 bits per heavy atom. The standard InChI is InChI=1S/C16H25NO/c1-11-4-9-16(10-12(11)2)18-13(3)14-5-7-15(17)8-6-14/h5-8,11-13,16H,4,9-10,17H2,1-3H3. The fourth-order valence-electron chi connectivity index (χ4n) is 2.76. The normalized spacial score (nSPS) is 30.1. The summed E-state index contributed by atoms with van der Waals surface area (Å²) in [6.07, 6.45) is 4.27. The quantitative estimate of drug-likeness (QED) is 0.814. The van der Waals surface area contributed by atoms with E-state index in [1.807, 2.05) is 12.1 Å². The lowest BCUT2D eigenvalue weighted by Crippen LogP contribution is -2.27. The van der Waals surface area contributed by atoms with Crippen LogP contribution >= 0.6 is 0 Å². The van der Waals surface area contributed by atoms with Crippen molar-refractivity contribution in [3.05, 3.63) is 29.8 Å². The average molecular weight is 247 g/mol. The lowest BCUT2D eigenvalue weighted by Gasteiger charge is -2.33. The third-order valence-corrected chi connectivity index (χ3v) is 4.35. The van der Waals surface area contributed by atoms with E-state index in [1.165, 1.54) is 24.8 Å². The summed E-state index contributed by atoms with van der Waals surface area (Å²) in [4.78, 5) is 0. The van der Waals surface area contributed by atoms with Crippen molar-refractivity contribution in [3.63, 3.8) is 0 Å². The highest BCUT2D eigenvalue weighted by Crippen LogP contribution is 2.33. The van der Waals surface area contributed by atoms with Crippen LogP contribution in [0.15, 0.2) is 24.3 Å². The van der Waals surface area contributed by atoms with E-state index in [9.17, 15) is 0 Å². The fourth-order valence-corrected chi connectivity index (χ4v) is 2.76. The Bertz CT molecular complexity index is 373. The molecular weight excluding hydrogens is 222 g/mol. The van der Waals surface area contributed by atoms with Crippen LogP contribution in [0.1, 0.15) is 51.7 Å². The zero-order chi connectivity index (χ0) is 13.1. The van der Waals surface area contributed by atoms with Crippen LogP contribution in [0.5, 0.6) is 0 Å². The van der Waals surface area contributed by atoms with E-state index in [-0.39, 0.29) is 6.10 Å². The topological polar surface area (TPSA) is 35.2 Å². The van der Waals surface area contributed by atoms with Gasteiger partial charge in [-0.1, -0.05) is 26.0 Å². The number of nitrogen functional groups attached to an aromatic ring is 1. The van der Waals surface area contributed by atoms with Crippen molar-refractivity contribution < 1.29 is 4.74 Å². The van der Waals surface area contributed by atoms with Crippen LogP contribution in [0, 0.1) is 11.8 Å². The van der Waals surface area contributed by atoms with E-state index in [0.29, 0.717) is 6.10 Å². The smallest absolute Gasteiger partial charge is 0.0800 e. The summed E-state index contributed by atoms with van der Waals surface area (Å²) in [6.45, 7) is 6.83. The predicted octanol–water partition coefficient (Wildman–Crippen LogP) is 4.17. The van der Waals surface area contributed by atoms with Crippen LogP contribution in [0.2, 0.25) is 0 Å². The lowest BCUT2D eigenvalue weighted by molar-refractivity contribution is -0.0409. The lowest BCUT2D eigenvalue weighted by atomic mass is 9.80. The van der Waals surface area contributed by atoms with E-state index in [2.05, 4.69) is 32.9 Å². The van der Waals surface area contributed by atoms with E-state index >= 15 is 0 Å². The van der Waals surface area contributed by atoms with E-state index in [4.69, 9.17) is 10.5 Å². The Balaban J connectivity index is 1.91. The molecule has 0 amide bonds. The number of benzene rings is 1. The molecule has 0 bridgehead atoms. The molecule has 0 aromatic heterocycles. The summed E-state index contributed by atoms with van der Waals surface area (Å²) in [7, 11) is 0. The van der Waals surface area contributed by atoms with Gasteiger partial charge in [-0.3, -0.25) is 0 Å². The van der Waals surface area contributed by atoms with Gasteiger partial charge < -0.3 is 10.5 Å². The SMILES string of the molecule is CC(OC1CCC(C)C(C)C1)c1ccc(N)cc1. The first-order chi connectivity index (χ1) is 8.56. The number of nitrogens with two attached hydrogens (primary N) is 1. The second-order valence-electron chi connectivity index (χ2n) is 5.83. The molecule has 1 fully saturated rings. The van der Waals surface area contributed by atoms with E-state index in [1.54, 1.807) is 0 Å². The largest absolute Gasteiger partial charge is 0.399 e. The van der Waals surface area contributed by atoms with E-state index in [0.717, 1.165) is 17.5 Å². The summed E-state index contributed by atoms with van der Waals surface area (Å²) in [6, 6.07) is 8.02. The number of anilines is 1. The zero-order valence-electron chi connectivity index (χ0n) is 11.7. The first-order valence-corrected chi connectivity index (χ1v) is 7.07. The maximum absolute atomic E-state index is 6.20. The minimum absolute atomic E-state index is 0.163. The summed E-state index contributed by atoms with van der Waals surface area (Å²) in [5, 5.41) is 0. The molecule has 4 atom stereocenters. The molecule has 2 rings (SSSR count). The molecule has 2 heteroatoms. The Morgan fingerprint density at radius 1 is 1.11 bits per heavy atom. The average Bonchev–Trinajstić information content (AvgIpc) is 2.34. The first kappa shape index (κ1) is 13.4. The zero-order valence-corrected chi connectivity index (χ0v) is 11.7. The third kappa shape index (κ3) is 3.26. The van der Waals surface area contributed by atoms with Crippen molar-refractivity contribution in [2.45, 2.75) is 52.2 Å². The molecule has 100 valence electrons. The van der Waals surface area contributed by atoms with Gasteiger partial charge in [0.05, 0.1) is 12.2 Å². The number of hydrogen-bond donors (Lipinski definition) is 1. The molecule has 0 radical (unpaired) electrons. The molecule has 0 saturated heterocycles. The van der Waals surface area contributed by atoms with Gasteiger partial charge in [0.2, 0.25) is 0 Å². The number of hydrogen-bond acceptors (Lipinski definition) is 2. The highest BCUT2D eigenvalue weighted by molar-refractivity contribution is 5.39. The predicted molar refractivity (Wildman–Crippen MR) is 76.3 cm³/mol. The van der Waals surface area contributed by atoms with Crippen molar-refractivity contribution >= 4 is 5.69 Å². The minimum atomic E-state index is 0.163. The van der Waals surface area contributed by atoms with Crippen LogP contribution in [-0.4, -0.2) is 6.10 Å². The molecule has 4 unspecified atom stereocenters. The molecule has 0 spiro atoms. The Morgan fingerprint density at radius 2 is 1.78 bits per heavy atom. The Kier molecular flexibility index (Phi) is 4.28. The van der Waals surface area contributed by atoms with Gasteiger partial charge in [-0.25, -0.2) is 0 Å². The first-order valence-electron chi connectivity index (χ1n) is 7.07. The minimum Gasteiger partial charge on any atom is -0.399 e. The number of rotatable bonds is 3. The molecule has 2 nitrogen and oxygen atoms in total. The maximum Gasteiger partial charge on any atom is 0.0800 e. The van der Waals surface area contributed by atoms with Crippen LogP contribution in [0.4, 0.5) is 5.69 Å².